The summed E-state index contributed by atoms with van der Waals surface area (Å²) in [7, 11) is 0. The van der Waals surface area contributed by atoms with Gasteiger partial charge in [0, 0.05) is 0 Å². The van der Waals surface area contributed by atoms with Crippen LogP contribution < -0.4 is 23.7 Å². The van der Waals surface area contributed by atoms with Crippen LogP contribution in [0.5, 0.6) is 86.2 Å². The molecule has 0 atom stereocenters. The normalized spacial score (nSPS) is 11.8. The molecule has 338 valence electrons. The molecule has 1 aliphatic carbocycles. The molecule has 1 fully saturated rings. The molecular weight excluding hydrogens is 876 g/mol. The number of phenolic OH excluding ortho intramolecular Hbond substituents is 10. The molecule has 0 saturated heterocycles. The summed E-state index contributed by atoms with van der Waals surface area (Å²) in [4.78, 5) is 65.2. The summed E-state index contributed by atoms with van der Waals surface area (Å²) in [6.45, 7) is -0.0799. The predicted molar refractivity (Wildman–Crippen MR) is 218 cm³/mol. The molecule has 0 radical (unpaired) electrons. The SMILES string of the molecule is O=C(Oc1cc(C(=O)Oc2cc(C(=O)Oc3cc(C(=O)Oc4cc(C(=O)OC5CC5)cc(O)c4O)cc(O)c3O)cc(O)c2O)cc(O)c1O)c1cc(O)c(O)c(OCc2ccccc2)c1. The number of phenols is 10. The zero-order chi connectivity index (χ0) is 47.6. The Kier molecular flexibility index (Phi) is 12.2. The molecular formula is C45H32O21. The first kappa shape index (κ1) is 44.5. The summed E-state index contributed by atoms with van der Waals surface area (Å²) in [5.74, 6) is -19.9. The summed E-state index contributed by atoms with van der Waals surface area (Å²) in [6, 6.07) is 16.3. The molecule has 0 spiro atoms. The first-order valence-electron chi connectivity index (χ1n) is 18.9. The molecule has 0 aliphatic heterocycles. The molecule has 0 aromatic heterocycles. The standard InChI is InChI=1S/C45H32O21/c46-26-8-20(13-31(36(26)51)61-18-19-4-2-1-3-5-19)42(57)63-33-15-22(10-28(48)38(33)53)44(59)65-35-17-24(12-30(50)40(35)55)45(60)66-34-16-23(11-29(49)39(34)54)43(58)64-32-14-21(9-27(47)37(32)52)41(56)62-25-6-7-25/h1-5,8-17,25,46-55H,6-7,18H2. The summed E-state index contributed by atoms with van der Waals surface area (Å²) in [5.41, 5.74) is -2.00. The maximum atomic E-state index is 13.3. The topological polar surface area (TPSA) is 343 Å². The predicted octanol–water partition coefficient (Wildman–Crippen LogP) is 5.52. The van der Waals surface area contributed by atoms with E-state index in [9.17, 15) is 75.0 Å². The maximum absolute atomic E-state index is 13.3. The van der Waals surface area contributed by atoms with Gasteiger partial charge < -0.3 is 79.5 Å². The van der Waals surface area contributed by atoms with Gasteiger partial charge in [-0.25, -0.2) is 24.0 Å². The second kappa shape index (κ2) is 18.1. The minimum absolute atomic E-state index is 0.0799. The van der Waals surface area contributed by atoms with E-state index in [1.54, 1.807) is 30.3 Å². The van der Waals surface area contributed by atoms with E-state index in [0.717, 1.165) is 24.3 Å². The fraction of sp³-hybridized carbons (Fsp3) is 0.0889. The van der Waals surface area contributed by atoms with Crippen LogP contribution in [0.25, 0.3) is 0 Å². The van der Waals surface area contributed by atoms with Gasteiger partial charge in [-0.15, -0.1) is 0 Å². The van der Waals surface area contributed by atoms with E-state index in [4.69, 9.17) is 28.4 Å². The lowest BCUT2D eigenvalue weighted by molar-refractivity contribution is 0.0469. The number of rotatable bonds is 13. The van der Waals surface area contributed by atoms with Gasteiger partial charge in [-0.2, -0.15) is 0 Å². The van der Waals surface area contributed by atoms with Crippen molar-refractivity contribution in [1.29, 1.82) is 0 Å². The number of ether oxygens (including phenoxy) is 6. The number of carbonyl (C=O) groups is 5. The average Bonchev–Trinajstić information content (AvgIpc) is 4.11. The third-order valence-corrected chi connectivity index (χ3v) is 9.30. The summed E-state index contributed by atoms with van der Waals surface area (Å²) < 4.78 is 31.2. The first-order chi connectivity index (χ1) is 31.4. The van der Waals surface area contributed by atoms with Crippen molar-refractivity contribution in [3.8, 4) is 86.2 Å². The summed E-state index contributed by atoms with van der Waals surface area (Å²) >= 11 is 0. The summed E-state index contributed by atoms with van der Waals surface area (Å²) in [5, 5.41) is 104. The Balaban J connectivity index is 1.07. The van der Waals surface area contributed by atoms with Crippen molar-refractivity contribution >= 4 is 29.8 Å². The Bertz CT molecular complexity index is 2960. The molecule has 0 amide bonds. The van der Waals surface area contributed by atoms with Crippen LogP contribution in [0.1, 0.15) is 70.2 Å². The molecule has 6 aromatic rings. The third kappa shape index (κ3) is 9.74. The lowest BCUT2D eigenvalue weighted by Crippen LogP contribution is -2.13. The van der Waals surface area contributed by atoms with Crippen LogP contribution in [0.3, 0.4) is 0 Å². The molecule has 10 N–H and O–H groups in total. The Morgan fingerprint density at radius 3 is 1.00 bits per heavy atom. The largest absolute Gasteiger partial charge is 0.504 e. The smallest absolute Gasteiger partial charge is 0.343 e. The summed E-state index contributed by atoms with van der Waals surface area (Å²) in [6.07, 6.45) is 0.922. The van der Waals surface area contributed by atoms with E-state index in [-0.39, 0.29) is 24.0 Å². The van der Waals surface area contributed by atoms with Gasteiger partial charge >= 0.3 is 29.8 Å². The molecule has 0 bridgehead atoms. The second-order valence-electron chi connectivity index (χ2n) is 14.1. The van der Waals surface area contributed by atoms with Gasteiger partial charge in [0.25, 0.3) is 0 Å². The van der Waals surface area contributed by atoms with Crippen LogP contribution >= 0.6 is 0 Å². The lowest BCUT2D eigenvalue weighted by atomic mass is 10.1. The Morgan fingerprint density at radius 2 is 0.682 bits per heavy atom. The van der Waals surface area contributed by atoms with Crippen LogP contribution in [-0.4, -0.2) is 87.0 Å². The van der Waals surface area contributed by atoms with Gasteiger partial charge in [-0.3, -0.25) is 0 Å². The van der Waals surface area contributed by atoms with Gasteiger partial charge in [0.1, 0.15) is 12.7 Å². The van der Waals surface area contributed by atoms with E-state index >= 15 is 0 Å². The van der Waals surface area contributed by atoms with Crippen molar-refractivity contribution in [3.63, 3.8) is 0 Å². The van der Waals surface area contributed by atoms with E-state index in [2.05, 4.69) is 0 Å². The molecule has 1 aliphatic rings. The van der Waals surface area contributed by atoms with Crippen molar-refractivity contribution in [2.75, 3.05) is 0 Å². The number of esters is 5. The Morgan fingerprint density at radius 1 is 0.394 bits per heavy atom. The van der Waals surface area contributed by atoms with Gasteiger partial charge in [0.05, 0.1) is 27.8 Å². The van der Waals surface area contributed by atoms with E-state index < -0.39 is 133 Å². The van der Waals surface area contributed by atoms with Crippen LogP contribution in [0, 0.1) is 0 Å². The van der Waals surface area contributed by atoms with E-state index in [1.807, 2.05) is 0 Å². The Hall–Kier alpha value is -9.53. The van der Waals surface area contributed by atoms with E-state index in [0.29, 0.717) is 54.8 Å². The van der Waals surface area contributed by atoms with Crippen molar-refractivity contribution in [1.82, 2.24) is 0 Å². The fourth-order valence-corrected chi connectivity index (χ4v) is 5.75. The highest BCUT2D eigenvalue weighted by Crippen LogP contribution is 2.43. The molecule has 1 saturated carbocycles. The maximum Gasteiger partial charge on any atom is 0.343 e. The van der Waals surface area contributed by atoms with E-state index in [1.165, 1.54) is 0 Å². The van der Waals surface area contributed by atoms with Crippen molar-refractivity contribution in [2.24, 2.45) is 0 Å². The van der Waals surface area contributed by atoms with Crippen molar-refractivity contribution in [2.45, 2.75) is 25.6 Å². The van der Waals surface area contributed by atoms with Gasteiger partial charge in [0.15, 0.2) is 57.5 Å². The van der Waals surface area contributed by atoms with Crippen LogP contribution in [0.4, 0.5) is 0 Å². The molecule has 66 heavy (non-hydrogen) atoms. The molecule has 0 heterocycles. The number of hydrogen-bond donors (Lipinski definition) is 10. The molecule has 7 rings (SSSR count). The fourth-order valence-electron chi connectivity index (χ4n) is 5.75. The second-order valence-corrected chi connectivity index (χ2v) is 14.1. The zero-order valence-electron chi connectivity index (χ0n) is 33.3. The minimum atomic E-state index is -1.47. The molecule has 0 unspecified atom stereocenters. The van der Waals surface area contributed by atoms with Gasteiger partial charge in [0.2, 0.25) is 28.7 Å². The quantitative estimate of drug-likeness (QED) is 0.0387. The number of carbonyl (C=O) groups excluding carboxylic acids is 5. The van der Waals surface area contributed by atoms with Crippen molar-refractivity contribution < 1.29 is 103 Å². The Labute approximate surface area is 368 Å². The number of benzene rings is 6. The van der Waals surface area contributed by atoms with Crippen LogP contribution in [0.2, 0.25) is 0 Å². The van der Waals surface area contributed by atoms with Crippen LogP contribution in [-0.2, 0) is 11.3 Å². The van der Waals surface area contributed by atoms with Crippen LogP contribution in [0.15, 0.2) is 91.0 Å². The molecule has 6 aromatic carbocycles. The minimum Gasteiger partial charge on any atom is -0.504 e. The highest BCUT2D eigenvalue weighted by atomic mass is 16.6. The van der Waals surface area contributed by atoms with Crippen molar-refractivity contribution in [3.05, 3.63) is 124 Å². The first-order valence-corrected chi connectivity index (χ1v) is 18.9. The lowest BCUT2D eigenvalue weighted by Gasteiger charge is -2.14. The molecule has 21 heteroatoms. The highest BCUT2D eigenvalue weighted by Gasteiger charge is 2.29. The highest BCUT2D eigenvalue weighted by molar-refractivity contribution is 5.98. The van der Waals surface area contributed by atoms with Gasteiger partial charge in [-0.05, 0) is 79.1 Å². The molecule has 21 nitrogen and oxygen atoms in total. The zero-order valence-corrected chi connectivity index (χ0v) is 33.3. The number of hydrogen-bond acceptors (Lipinski definition) is 21. The third-order valence-electron chi connectivity index (χ3n) is 9.30. The monoisotopic (exact) mass is 908 g/mol. The average molecular weight is 909 g/mol. The van der Waals surface area contributed by atoms with Gasteiger partial charge in [-0.1, -0.05) is 30.3 Å². The number of aromatic hydroxyl groups is 10.